The molecule has 20 heavy (non-hydrogen) atoms. The molecule has 2 aromatic rings. The zero-order chi connectivity index (χ0) is 13.1. The van der Waals surface area contributed by atoms with E-state index in [0.29, 0.717) is 6.04 Å². The lowest BCUT2D eigenvalue weighted by atomic mass is 10.2. The standard InChI is InChI=1S/C15H20N4.ClH/c1-12-10-19(8-7-16-12)11-14-9-17-15(18-14)13-5-3-2-4-6-13;/h2-6,9,12,16H,7-8,10-11H2,1H3,(H,17,18);1H/t12-;/m1./s1. The molecular weight excluding hydrogens is 272 g/mol. The summed E-state index contributed by atoms with van der Waals surface area (Å²) in [5.74, 6) is 0.957. The highest BCUT2D eigenvalue weighted by molar-refractivity contribution is 5.85. The van der Waals surface area contributed by atoms with E-state index in [1.807, 2.05) is 24.4 Å². The fourth-order valence-corrected chi connectivity index (χ4v) is 2.58. The summed E-state index contributed by atoms with van der Waals surface area (Å²) >= 11 is 0. The molecule has 1 aromatic heterocycles. The molecule has 1 atom stereocenters. The molecule has 1 aliphatic heterocycles. The number of hydrogen-bond donors (Lipinski definition) is 2. The van der Waals surface area contributed by atoms with Crippen molar-refractivity contribution in [2.24, 2.45) is 0 Å². The van der Waals surface area contributed by atoms with Gasteiger partial charge in [-0.3, -0.25) is 4.90 Å². The number of nitrogens with zero attached hydrogens (tertiary/aromatic N) is 2. The Morgan fingerprint density at radius 1 is 1.30 bits per heavy atom. The van der Waals surface area contributed by atoms with E-state index in [1.165, 1.54) is 5.69 Å². The van der Waals surface area contributed by atoms with Gasteiger partial charge in [-0.2, -0.15) is 0 Å². The molecule has 4 nitrogen and oxygen atoms in total. The van der Waals surface area contributed by atoms with Gasteiger partial charge < -0.3 is 10.3 Å². The summed E-state index contributed by atoms with van der Waals surface area (Å²) in [6.07, 6.45) is 1.95. The van der Waals surface area contributed by atoms with Gasteiger partial charge in [-0.15, -0.1) is 12.4 Å². The minimum atomic E-state index is 0. The number of benzene rings is 1. The van der Waals surface area contributed by atoms with Gasteiger partial charge in [-0.1, -0.05) is 30.3 Å². The van der Waals surface area contributed by atoms with Crippen LogP contribution in [0.25, 0.3) is 11.4 Å². The van der Waals surface area contributed by atoms with Crippen LogP contribution in [0.3, 0.4) is 0 Å². The molecule has 1 aliphatic rings. The normalized spacial score (nSPS) is 19.6. The molecule has 0 saturated carbocycles. The highest BCUT2D eigenvalue weighted by Gasteiger charge is 2.16. The third kappa shape index (κ3) is 3.60. The van der Waals surface area contributed by atoms with E-state index in [1.54, 1.807) is 0 Å². The van der Waals surface area contributed by atoms with Crippen LogP contribution < -0.4 is 5.32 Å². The number of aromatic amines is 1. The summed E-state index contributed by atoms with van der Waals surface area (Å²) in [6, 6.07) is 10.8. The van der Waals surface area contributed by atoms with Gasteiger partial charge in [0.2, 0.25) is 0 Å². The van der Waals surface area contributed by atoms with E-state index in [-0.39, 0.29) is 12.4 Å². The Bertz CT molecular complexity index is 526. The maximum absolute atomic E-state index is 4.47. The molecule has 3 rings (SSSR count). The Morgan fingerprint density at radius 3 is 2.85 bits per heavy atom. The van der Waals surface area contributed by atoms with Gasteiger partial charge in [-0.25, -0.2) is 4.98 Å². The molecule has 108 valence electrons. The van der Waals surface area contributed by atoms with Crippen LogP contribution in [0.2, 0.25) is 0 Å². The molecular formula is C15H21ClN4. The minimum absolute atomic E-state index is 0. The lowest BCUT2D eigenvalue weighted by Crippen LogP contribution is -2.48. The van der Waals surface area contributed by atoms with Gasteiger partial charge in [0.05, 0.1) is 0 Å². The fraction of sp³-hybridized carbons (Fsp3) is 0.400. The van der Waals surface area contributed by atoms with E-state index < -0.39 is 0 Å². The van der Waals surface area contributed by atoms with Crippen LogP contribution in [-0.2, 0) is 6.54 Å². The first-order valence-corrected chi connectivity index (χ1v) is 6.86. The monoisotopic (exact) mass is 292 g/mol. The zero-order valence-electron chi connectivity index (χ0n) is 11.7. The number of H-pyrrole nitrogens is 1. The molecule has 1 aromatic carbocycles. The van der Waals surface area contributed by atoms with Crippen molar-refractivity contribution in [2.45, 2.75) is 19.5 Å². The summed E-state index contributed by atoms with van der Waals surface area (Å²) < 4.78 is 0. The first-order valence-electron chi connectivity index (χ1n) is 6.86. The molecule has 1 fully saturated rings. The number of piperazine rings is 1. The summed E-state index contributed by atoms with van der Waals surface area (Å²) in [6.45, 7) is 6.45. The summed E-state index contributed by atoms with van der Waals surface area (Å²) in [7, 11) is 0. The predicted octanol–water partition coefficient (Wildman–Crippen LogP) is 2.29. The zero-order valence-corrected chi connectivity index (χ0v) is 12.5. The van der Waals surface area contributed by atoms with Crippen LogP contribution in [-0.4, -0.2) is 40.5 Å². The maximum atomic E-state index is 4.47. The second kappa shape index (κ2) is 6.88. The van der Waals surface area contributed by atoms with Crippen molar-refractivity contribution in [1.82, 2.24) is 20.2 Å². The second-order valence-corrected chi connectivity index (χ2v) is 5.21. The van der Waals surface area contributed by atoms with E-state index >= 15 is 0 Å². The van der Waals surface area contributed by atoms with Crippen molar-refractivity contribution in [3.63, 3.8) is 0 Å². The highest BCUT2D eigenvalue weighted by Crippen LogP contribution is 2.15. The Labute approximate surface area is 126 Å². The third-order valence-corrected chi connectivity index (χ3v) is 3.52. The van der Waals surface area contributed by atoms with Crippen LogP contribution in [0.4, 0.5) is 0 Å². The van der Waals surface area contributed by atoms with Gasteiger partial charge in [0.1, 0.15) is 5.82 Å². The van der Waals surface area contributed by atoms with Gasteiger partial charge in [0.25, 0.3) is 0 Å². The molecule has 0 spiro atoms. The summed E-state index contributed by atoms with van der Waals surface area (Å²) in [4.78, 5) is 10.4. The molecule has 1 saturated heterocycles. The predicted molar refractivity (Wildman–Crippen MR) is 84.0 cm³/mol. The number of aromatic nitrogens is 2. The molecule has 2 heterocycles. The number of imidazole rings is 1. The van der Waals surface area contributed by atoms with Gasteiger partial charge in [0.15, 0.2) is 0 Å². The number of halogens is 1. The topological polar surface area (TPSA) is 44.0 Å². The van der Waals surface area contributed by atoms with Crippen molar-refractivity contribution >= 4 is 12.4 Å². The SMILES string of the molecule is C[C@@H]1CN(Cc2cnc(-c3ccccc3)[nH]2)CCN1.Cl. The highest BCUT2D eigenvalue weighted by atomic mass is 35.5. The second-order valence-electron chi connectivity index (χ2n) is 5.21. The van der Waals surface area contributed by atoms with Crippen molar-refractivity contribution in [3.05, 3.63) is 42.2 Å². The fourth-order valence-electron chi connectivity index (χ4n) is 2.58. The largest absolute Gasteiger partial charge is 0.341 e. The molecule has 0 unspecified atom stereocenters. The molecule has 0 amide bonds. The van der Waals surface area contributed by atoms with E-state index in [9.17, 15) is 0 Å². The van der Waals surface area contributed by atoms with E-state index in [4.69, 9.17) is 0 Å². The Balaban J connectivity index is 0.00000147. The lowest BCUT2D eigenvalue weighted by Gasteiger charge is -2.31. The van der Waals surface area contributed by atoms with Crippen molar-refractivity contribution in [2.75, 3.05) is 19.6 Å². The Morgan fingerprint density at radius 2 is 2.10 bits per heavy atom. The van der Waals surface area contributed by atoms with Crippen LogP contribution in [0.1, 0.15) is 12.6 Å². The van der Waals surface area contributed by atoms with Crippen LogP contribution in [0, 0.1) is 0 Å². The Hall–Kier alpha value is -1.36. The number of rotatable bonds is 3. The molecule has 0 radical (unpaired) electrons. The van der Waals surface area contributed by atoms with Gasteiger partial charge >= 0.3 is 0 Å². The van der Waals surface area contributed by atoms with Crippen LogP contribution >= 0.6 is 12.4 Å². The van der Waals surface area contributed by atoms with E-state index in [0.717, 1.165) is 37.6 Å². The first-order chi connectivity index (χ1) is 9.31. The van der Waals surface area contributed by atoms with Crippen molar-refractivity contribution in [1.29, 1.82) is 0 Å². The van der Waals surface area contributed by atoms with Crippen molar-refractivity contribution < 1.29 is 0 Å². The minimum Gasteiger partial charge on any atom is -0.341 e. The van der Waals surface area contributed by atoms with Gasteiger partial charge in [-0.05, 0) is 6.92 Å². The summed E-state index contributed by atoms with van der Waals surface area (Å²) in [5.41, 5.74) is 2.33. The Kier molecular flexibility index (Phi) is 5.17. The van der Waals surface area contributed by atoms with Crippen molar-refractivity contribution in [3.8, 4) is 11.4 Å². The molecule has 2 N–H and O–H groups in total. The van der Waals surface area contributed by atoms with Crippen LogP contribution in [0.5, 0.6) is 0 Å². The molecule has 0 bridgehead atoms. The lowest BCUT2D eigenvalue weighted by molar-refractivity contribution is 0.198. The van der Waals surface area contributed by atoms with Crippen LogP contribution in [0.15, 0.2) is 36.5 Å². The quantitative estimate of drug-likeness (QED) is 0.912. The van der Waals surface area contributed by atoms with Gasteiger partial charge in [0, 0.05) is 49.7 Å². The average molecular weight is 293 g/mol. The van der Waals surface area contributed by atoms with E-state index in [2.05, 4.69) is 39.2 Å². The average Bonchev–Trinajstić information content (AvgIpc) is 2.88. The number of nitrogens with one attached hydrogen (secondary N) is 2. The maximum Gasteiger partial charge on any atom is 0.137 e. The first kappa shape index (κ1) is 15.0. The molecule has 0 aliphatic carbocycles. The summed E-state index contributed by atoms with van der Waals surface area (Å²) in [5, 5.41) is 3.46. The smallest absolute Gasteiger partial charge is 0.137 e. The number of hydrogen-bond acceptors (Lipinski definition) is 3. The third-order valence-electron chi connectivity index (χ3n) is 3.52. The molecule has 5 heteroatoms.